The number of aromatic nitrogens is 2. The highest BCUT2D eigenvalue weighted by molar-refractivity contribution is 6.18. The van der Waals surface area contributed by atoms with Gasteiger partial charge in [0.1, 0.15) is 11.7 Å². The summed E-state index contributed by atoms with van der Waals surface area (Å²) in [5.74, 6) is 1.63. The average Bonchev–Trinajstić information content (AvgIpc) is 3.29. The highest BCUT2D eigenvalue weighted by Crippen LogP contribution is 2.58. The van der Waals surface area contributed by atoms with Crippen molar-refractivity contribution in [3.63, 3.8) is 0 Å². The average molecular weight is 383 g/mol. The predicted molar refractivity (Wildman–Crippen MR) is 90.7 cm³/mol. The molecule has 8 nitrogen and oxygen atoms in total. The van der Waals surface area contributed by atoms with E-state index in [0.29, 0.717) is 12.8 Å². The van der Waals surface area contributed by atoms with Gasteiger partial charge in [-0.3, -0.25) is 14.3 Å². The lowest BCUT2D eigenvalue weighted by molar-refractivity contribution is -0.242. The van der Waals surface area contributed by atoms with Gasteiger partial charge in [-0.25, -0.2) is 4.79 Å². The van der Waals surface area contributed by atoms with E-state index in [9.17, 15) is 14.7 Å². The number of alkyl halides is 1. The zero-order chi connectivity index (χ0) is 18.6. The van der Waals surface area contributed by atoms with Gasteiger partial charge in [0, 0.05) is 25.1 Å². The third kappa shape index (κ3) is 2.25. The number of aliphatic hydroxyl groups excluding tert-OH is 1. The Balaban J connectivity index is 1.88. The summed E-state index contributed by atoms with van der Waals surface area (Å²) in [4.78, 5) is 25.9. The maximum Gasteiger partial charge on any atom is 0.330 e. The fraction of sp³-hybridized carbons (Fsp3) is 0.647. The molecule has 1 aromatic heterocycles. The molecule has 0 aromatic carbocycles. The van der Waals surface area contributed by atoms with Crippen molar-refractivity contribution in [1.82, 2.24) is 9.55 Å². The third-order valence-corrected chi connectivity index (χ3v) is 5.91. The molecule has 0 amide bonds. The van der Waals surface area contributed by atoms with Crippen molar-refractivity contribution in [2.75, 3.05) is 12.5 Å². The molecule has 3 heterocycles. The van der Waals surface area contributed by atoms with Crippen LogP contribution in [0.5, 0.6) is 0 Å². The summed E-state index contributed by atoms with van der Waals surface area (Å²) in [5.41, 5.74) is -4.03. The number of H-pyrrole nitrogens is 1. The summed E-state index contributed by atoms with van der Waals surface area (Å²) >= 11 is 6.13. The van der Waals surface area contributed by atoms with Gasteiger partial charge in [-0.05, 0) is 12.8 Å². The minimum absolute atomic E-state index is 0.106. The number of hydrogen-bond acceptors (Lipinski definition) is 6. The smallest absolute Gasteiger partial charge is 0.330 e. The second-order valence-electron chi connectivity index (χ2n) is 7.00. The quantitative estimate of drug-likeness (QED) is 0.567. The number of nitrogens with one attached hydrogen (secondary N) is 1. The summed E-state index contributed by atoms with van der Waals surface area (Å²) in [6.45, 7) is -0.460. The number of fused-ring (bicyclic) bond motifs is 1. The van der Waals surface area contributed by atoms with Crippen LogP contribution in [0.25, 0.3) is 0 Å². The van der Waals surface area contributed by atoms with E-state index >= 15 is 0 Å². The molecule has 4 rings (SSSR count). The van der Waals surface area contributed by atoms with Gasteiger partial charge < -0.3 is 19.3 Å². The fourth-order valence-corrected chi connectivity index (χ4v) is 4.47. The minimum Gasteiger partial charge on any atom is -0.393 e. The third-order valence-electron chi connectivity index (χ3n) is 5.46. The number of halogens is 1. The number of aromatic amines is 1. The molecule has 9 heteroatoms. The van der Waals surface area contributed by atoms with E-state index in [-0.39, 0.29) is 5.88 Å². The summed E-state index contributed by atoms with van der Waals surface area (Å²) in [6.07, 6.45) is 8.33. The second-order valence-corrected chi connectivity index (χ2v) is 7.27. The summed E-state index contributed by atoms with van der Waals surface area (Å²) in [7, 11) is 0. The minimum atomic E-state index is -1.45. The Labute approximate surface area is 154 Å². The Bertz CT molecular complexity index is 863. The first-order valence-electron chi connectivity index (χ1n) is 8.46. The molecular formula is C17H19ClN2O6. The molecule has 0 bridgehead atoms. The lowest BCUT2D eigenvalue weighted by atomic mass is 9.88. The van der Waals surface area contributed by atoms with Gasteiger partial charge in [-0.2, -0.15) is 0 Å². The lowest BCUT2D eigenvalue weighted by Crippen LogP contribution is -2.52. The van der Waals surface area contributed by atoms with Gasteiger partial charge in [0.05, 0.1) is 12.5 Å². The number of nitrogens with zero attached hydrogens (tertiary/aromatic N) is 1. The van der Waals surface area contributed by atoms with Crippen LogP contribution in [-0.2, 0) is 14.2 Å². The number of aliphatic hydroxyl groups is 1. The Kier molecular flexibility index (Phi) is 4.06. The maximum atomic E-state index is 12.3. The summed E-state index contributed by atoms with van der Waals surface area (Å²) in [5, 5.41) is 10.0. The number of terminal acetylenes is 1. The van der Waals surface area contributed by atoms with Gasteiger partial charge in [0.2, 0.25) is 5.60 Å². The largest absolute Gasteiger partial charge is 0.393 e. The van der Waals surface area contributed by atoms with E-state index in [1.54, 1.807) is 0 Å². The normalized spacial score (nSPS) is 37.7. The number of hydrogen-bond donors (Lipinski definition) is 2. The standard InChI is InChI=1S/C17H19ClN2O6/c1-2-17-12(24-16(26-17)6-3-4-7-16)15(9-18,10-21)25-13(17)20-8-5-11(22)19-14(20)23/h1,5,8,12-13,21H,3-4,6-7,9-10H2,(H,19,22,23)/t12-,13?,15-,17-/m1/s1. The Morgan fingerprint density at radius 2 is 2.12 bits per heavy atom. The molecule has 3 aliphatic rings. The van der Waals surface area contributed by atoms with E-state index < -0.39 is 47.2 Å². The van der Waals surface area contributed by atoms with Crippen LogP contribution >= 0.6 is 11.6 Å². The van der Waals surface area contributed by atoms with Crippen LogP contribution in [0.2, 0.25) is 0 Å². The summed E-state index contributed by atoms with van der Waals surface area (Å²) in [6, 6.07) is 1.19. The molecule has 1 spiro atoms. The zero-order valence-electron chi connectivity index (χ0n) is 13.9. The van der Waals surface area contributed by atoms with Crippen molar-refractivity contribution in [1.29, 1.82) is 0 Å². The molecule has 1 saturated carbocycles. The molecule has 1 aliphatic carbocycles. The van der Waals surface area contributed by atoms with Crippen LogP contribution < -0.4 is 11.2 Å². The molecule has 2 saturated heterocycles. The molecule has 2 N–H and O–H groups in total. The molecule has 2 aliphatic heterocycles. The topological polar surface area (TPSA) is 103 Å². The van der Waals surface area contributed by atoms with Crippen molar-refractivity contribution >= 4 is 11.6 Å². The first kappa shape index (κ1) is 17.8. The zero-order valence-corrected chi connectivity index (χ0v) is 14.7. The molecular weight excluding hydrogens is 364 g/mol. The van der Waals surface area contributed by atoms with Gasteiger partial charge >= 0.3 is 5.69 Å². The Morgan fingerprint density at radius 1 is 1.38 bits per heavy atom. The fourth-order valence-electron chi connectivity index (χ4n) is 4.19. The van der Waals surface area contributed by atoms with Crippen LogP contribution in [0.3, 0.4) is 0 Å². The van der Waals surface area contributed by atoms with Crippen molar-refractivity contribution in [3.05, 3.63) is 33.1 Å². The van der Waals surface area contributed by atoms with Crippen molar-refractivity contribution in [2.24, 2.45) is 0 Å². The van der Waals surface area contributed by atoms with Gasteiger partial charge in [0.25, 0.3) is 5.56 Å². The predicted octanol–water partition coefficient (Wildman–Crippen LogP) is 0.0930. The Morgan fingerprint density at radius 3 is 2.69 bits per heavy atom. The number of rotatable bonds is 3. The number of ether oxygens (including phenoxy) is 3. The van der Waals surface area contributed by atoms with E-state index in [4.69, 9.17) is 32.2 Å². The van der Waals surface area contributed by atoms with Gasteiger partial charge in [0.15, 0.2) is 12.0 Å². The van der Waals surface area contributed by atoms with E-state index in [2.05, 4.69) is 10.9 Å². The molecule has 4 atom stereocenters. The van der Waals surface area contributed by atoms with Crippen molar-refractivity contribution in [3.8, 4) is 12.3 Å². The first-order chi connectivity index (χ1) is 12.4. The van der Waals surface area contributed by atoms with Gasteiger partial charge in [-0.15, -0.1) is 18.0 Å². The molecule has 26 heavy (non-hydrogen) atoms. The lowest BCUT2D eigenvalue weighted by Gasteiger charge is -2.32. The SMILES string of the molecule is C#C[C@@]12OC3(CCCC3)O[C@@H]1[C@](CO)(CCl)OC2n1ccc(=O)[nH]c1=O. The molecule has 1 aromatic rings. The van der Waals surface area contributed by atoms with Crippen LogP contribution in [-0.4, -0.2) is 50.2 Å². The van der Waals surface area contributed by atoms with Crippen LogP contribution in [0.15, 0.2) is 21.9 Å². The molecule has 1 unspecified atom stereocenters. The van der Waals surface area contributed by atoms with Crippen molar-refractivity contribution in [2.45, 2.75) is 55.0 Å². The monoisotopic (exact) mass is 382 g/mol. The van der Waals surface area contributed by atoms with E-state index in [1.165, 1.54) is 12.3 Å². The molecule has 140 valence electrons. The van der Waals surface area contributed by atoms with Crippen molar-refractivity contribution < 1.29 is 19.3 Å². The second kappa shape index (κ2) is 5.94. The molecule has 0 radical (unpaired) electrons. The Hall–Kier alpha value is -1.63. The van der Waals surface area contributed by atoms with Crippen LogP contribution in [0.1, 0.15) is 31.9 Å². The van der Waals surface area contributed by atoms with E-state index in [1.807, 2.05) is 0 Å². The van der Waals surface area contributed by atoms with Crippen LogP contribution in [0.4, 0.5) is 0 Å². The highest BCUT2D eigenvalue weighted by Gasteiger charge is 2.73. The van der Waals surface area contributed by atoms with Gasteiger partial charge in [-0.1, -0.05) is 5.92 Å². The van der Waals surface area contributed by atoms with E-state index in [0.717, 1.165) is 17.4 Å². The maximum absolute atomic E-state index is 12.3. The summed E-state index contributed by atoms with van der Waals surface area (Å²) < 4.78 is 19.6. The van der Waals surface area contributed by atoms with Crippen LogP contribution in [0, 0.1) is 12.3 Å². The molecule has 3 fully saturated rings. The highest BCUT2D eigenvalue weighted by atomic mass is 35.5. The first-order valence-corrected chi connectivity index (χ1v) is 9.00.